The lowest BCUT2D eigenvalue weighted by molar-refractivity contribution is -0.137. The smallest absolute Gasteiger partial charge is 0.395 e. The van der Waals surface area contributed by atoms with Crippen molar-refractivity contribution in [1.29, 1.82) is 0 Å². The number of hydrogen-bond acceptors (Lipinski definition) is 8. The number of alkyl halides is 3. The molecule has 0 unspecified atom stereocenters. The van der Waals surface area contributed by atoms with Crippen molar-refractivity contribution < 1.29 is 31.8 Å². The molecule has 4 rings (SSSR count). The first kappa shape index (κ1) is 26.4. The monoisotopic (exact) mass is 533 g/mol. The lowest BCUT2D eigenvalue weighted by atomic mass is 10.0. The molecule has 0 bridgehead atoms. The Labute approximate surface area is 210 Å². The van der Waals surface area contributed by atoms with Gasteiger partial charge in [0.1, 0.15) is 12.1 Å². The lowest BCUT2D eigenvalue weighted by Gasteiger charge is -2.20. The molecular formula is C24H22F3N5O4S. The molecule has 0 aliphatic carbocycles. The third-order valence-electron chi connectivity index (χ3n) is 5.48. The fourth-order valence-electron chi connectivity index (χ4n) is 3.74. The van der Waals surface area contributed by atoms with Crippen LogP contribution < -0.4 is 5.32 Å². The molecule has 3 N–H and O–H groups in total. The number of halogens is 3. The van der Waals surface area contributed by atoms with E-state index in [0.29, 0.717) is 22.4 Å². The van der Waals surface area contributed by atoms with Crippen LogP contribution in [0.5, 0.6) is 0 Å². The number of nitrogens with one attached hydrogen (secondary N) is 1. The molecule has 4 aromatic rings. The third kappa shape index (κ3) is 5.69. The molecule has 0 saturated carbocycles. The highest BCUT2D eigenvalue weighted by molar-refractivity contribution is 7.89. The lowest BCUT2D eigenvalue weighted by Crippen LogP contribution is -2.35. The summed E-state index contributed by atoms with van der Waals surface area (Å²) in [6, 6.07) is 12.6. The summed E-state index contributed by atoms with van der Waals surface area (Å²) in [5.41, 5.74) is 0.0705. The number of aromatic nitrogens is 3. The summed E-state index contributed by atoms with van der Waals surface area (Å²) in [6.07, 6.45) is -2.01. The summed E-state index contributed by atoms with van der Waals surface area (Å²) in [7, 11) is -3.92. The Morgan fingerprint density at radius 1 is 0.919 bits per heavy atom. The van der Waals surface area contributed by atoms with Gasteiger partial charge in [-0.3, -0.25) is 4.98 Å². The maximum Gasteiger partial charge on any atom is 0.418 e. The molecule has 0 atom stereocenters. The summed E-state index contributed by atoms with van der Waals surface area (Å²) in [4.78, 5) is 12.3. The van der Waals surface area contributed by atoms with Gasteiger partial charge in [-0.05, 0) is 48.5 Å². The van der Waals surface area contributed by atoms with Crippen molar-refractivity contribution in [2.75, 3.05) is 31.6 Å². The molecule has 0 aliphatic rings. The quantitative estimate of drug-likeness (QED) is 0.299. The molecule has 0 spiro atoms. The van der Waals surface area contributed by atoms with Gasteiger partial charge in [-0.1, -0.05) is 6.07 Å². The second kappa shape index (κ2) is 10.8. The van der Waals surface area contributed by atoms with Crippen LogP contribution in [0.4, 0.5) is 24.7 Å². The van der Waals surface area contributed by atoms with E-state index in [9.17, 15) is 21.6 Å². The van der Waals surface area contributed by atoms with Crippen molar-refractivity contribution in [3.63, 3.8) is 0 Å². The van der Waals surface area contributed by atoms with E-state index in [0.717, 1.165) is 10.4 Å². The maximum atomic E-state index is 13.4. The van der Waals surface area contributed by atoms with Gasteiger partial charge in [0, 0.05) is 35.9 Å². The SMILES string of the molecule is O=S(=O)(c1ccc(Nc2ncnc3cc(-c4ncccc4C(F)(F)F)ccc23)cc1)N(CCO)CCO. The van der Waals surface area contributed by atoms with Crippen LogP contribution in [0.1, 0.15) is 5.56 Å². The standard InChI is InChI=1S/C24H22F3N5O4S/c25-24(26,27)20-2-1-9-28-22(20)16-3-8-19-21(14-16)29-15-30-23(19)31-17-4-6-18(7-5-17)37(35,36)32(10-12-33)11-13-34/h1-9,14-15,33-34H,10-13H2,(H,29,30,31). The van der Waals surface area contributed by atoms with Crippen LogP contribution in [-0.4, -0.2) is 64.2 Å². The normalized spacial score (nSPS) is 12.3. The summed E-state index contributed by atoms with van der Waals surface area (Å²) in [6.45, 7) is -1.08. The molecule has 2 heterocycles. The van der Waals surface area contributed by atoms with E-state index in [4.69, 9.17) is 10.2 Å². The van der Waals surface area contributed by atoms with Gasteiger partial charge in [-0.2, -0.15) is 17.5 Å². The molecular weight excluding hydrogens is 511 g/mol. The molecule has 2 aromatic heterocycles. The number of fused-ring (bicyclic) bond motifs is 1. The average Bonchev–Trinajstić information content (AvgIpc) is 2.88. The Hall–Kier alpha value is -3.65. The molecule has 13 heteroatoms. The zero-order valence-electron chi connectivity index (χ0n) is 19.2. The van der Waals surface area contributed by atoms with E-state index in [-0.39, 0.29) is 42.5 Å². The molecule has 0 radical (unpaired) electrons. The van der Waals surface area contributed by atoms with Gasteiger partial charge in [0.25, 0.3) is 0 Å². The maximum absolute atomic E-state index is 13.4. The molecule has 37 heavy (non-hydrogen) atoms. The minimum atomic E-state index is -4.57. The number of pyridine rings is 1. The number of anilines is 2. The zero-order valence-corrected chi connectivity index (χ0v) is 20.0. The summed E-state index contributed by atoms with van der Waals surface area (Å²) in [5.74, 6) is 0.367. The van der Waals surface area contributed by atoms with Gasteiger partial charge in [0.15, 0.2) is 0 Å². The van der Waals surface area contributed by atoms with E-state index in [2.05, 4.69) is 20.3 Å². The van der Waals surface area contributed by atoms with Crippen molar-refractivity contribution >= 4 is 32.4 Å². The van der Waals surface area contributed by atoms with Crippen LogP contribution in [0.2, 0.25) is 0 Å². The van der Waals surface area contributed by atoms with Crippen LogP contribution >= 0.6 is 0 Å². The van der Waals surface area contributed by atoms with Gasteiger partial charge >= 0.3 is 6.18 Å². The molecule has 2 aromatic carbocycles. The van der Waals surface area contributed by atoms with Crippen molar-refractivity contribution in [2.24, 2.45) is 0 Å². The number of rotatable bonds is 9. The van der Waals surface area contributed by atoms with Gasteiger partial charge in [0.05, 0.1) is 34.9 Å². The first-order chi connectivity index (χ1) is 17.6. The van der Waals surface area contributed by atoms with E-state index in [1.54, 1.807) is 6.07 Å². The molecule has 0 fully saturated rings. The molecule has 0 saturated heterocycles. The minimum absolute atomic E-state index is 0.0204. The van der Waals surface area contributed by atoms with Crippen LogP contribution in [0.3, 0.4) is 0 Å². The molecule has 0 amide bonds. The van der Waals surface area contributed by atoms with Gasteiger partial charge < -0.3 is 15.5 Å². The first-order valence-electron chi connectivity index (χ1n) is 11.0. The van der Waals surface area contributed by atoms with Crippen molar-refractivity contribution in [1.82, 2.24) is 19.3 Å². The number of nitrogens with zero attached hydrogens (tertiary/aromatic N) is 4. The fraction of sp³-hybridized carbons (Fsp3) is 0.208. The Bertz CT molecular complexity index is 1490. The van der Waals surface area contributed by atoms with E-state index >= 15 is 0 Å². The van der Waals surface area contributed by atoms with Crippen LogP contribution in [-0.2, 0) is 16.2 Å². The third-order valence-corrected chi connectivity index (χ3v) is 7.39. The van der Waals surface area contributed by atoms with Crippen LogP contribution in [0.15, 0.2) is 72.0 Å². The number of aliphatic hydroxyl groups excluding tert-OH is 2. The van der Waals surface area contributed by atoms with Crippen molar-refractivity contribution in [2.45, 2.75) is 11.1 Å². The second-order valence-electron chi connectivity index (χ2n) is 7.85. The number of hydrogen-bond donors (Lipinski definition) is 3. The first-order valence-corrected chi connectivity index (χ1v) is 12.5. The van der Waals surface area contributed by atoms with Crippen molar-refractivity contribution in [3.8, 4) is 11.3 Å². The summed E-state index contributed by atoms with van der Waals surface area (Å²) < 4.78 is 66.9. The van der Waals surface area contributed by atoms with E-state index in [1.807, 2.05) is 0 Å². The Morgan fingerprint density at radius 2 is 1.62 bits per heavy atom. The molecule has 9 nitrogen and oxygen atoms in total. The highest BCUT2D eigenvalue weighted by Crippen LogP contribution is 2.37. The summed E-state index contributed by atoms with van der Waals surface area (Å²) >= 11 is 0. The predicted octanol–water partition coefficient (Wildman–Crippen LogP) is 3.43. The molecule has 194 valence electrons. The average molecular weight is 534 g/mol. The minimum Gasteiger partial charge on any atom is -0.395 e. The zero-order chi connectivity index (χ0) is 26.6. The highest BCUT2D eigenvalue weighted by Gasteiger charge is 2.34. The van der Waals surface area contributed by atoms with Crippen LogP contribution in [0, 0.1) is 0 Å². The Balaban J connectivity index is 1.62. The van der Waals surface area contributed by atoms with Gasteiger partial charge in [-0.15, -0.1) is 0 Å². The predicted molar refractivity (Wildman–Crippen MR) is 130 cm³/mol. The number of benzene rings is 2. The molecule has 0 aliphatic heterocycles. The van der Waals surface area contributed by atoms with E-state index < -0.39 is 21.8 Å². The highest BCUT2D eigenvalue weighted by atomic mass is 32.2. The Kier molecular flexibility index (Phi) is 7.68. The van der Waals surface area contributed by atoms with Crippen LogP contribution in [0.25, 0.3) is 22.2 Å². The second-order valence-corrected chi connectivity index (χ2v) is 9.79. The fourth-order valence-corrected chi connectivity index (χ4v) is 5.16. The summed E-state index contributed by atoms with van der Waals surface area (Å²) in [5, 5.41) is 21.9. The van der Waals surface area contributed by atoms with E-state index in [1.165, 1.54) is 55.0 Å². The topological polar surface area (TPSA) is 129 Å². The number of sulfonamides is 1. The Morgan fingerprint density at radius 3 is 2.27 bits per heavy atom. The van der Waals surface area contributed by atoms with Gasteiger partial charge in [0.2, 0.25) is 10.0 Å². The van der Waals surface area contributed by atoms with Gasteiger partial charge in [-0.25, -0.2) is 18.4 Å². The number of aliphatic hydroxyl groups is 2. The van der Waals surface area contributed by atoms with Crippen molar-refractivity contribution in [3.05, 3.63) is 72.7 Å². The largest absolute Gasteiger partial charge is 0.418 e.